The highest BCUT2D eigenvalue weighted by Crippen LogP contribution is 2.44. The Morgan fingerprint density at radius 3 is 2.42 bits per heavy atom. The smallest absolute Gasteiger partial charge is 0.406 e. The fourth-order valence-corrected chi connectivity index (χ4v) is 5.11. The molecule has 0 aromatic heterocycles. The van der Waals surface area contributed by atoms with Crippen LogP contribution in [0.3, 0.4) is 0 Å². The Hall–Kier alpha value is -2.49. The highest BCUT2D eigenvalue weighted by Gasteiger charge is 2.58. The predicted molar refractivity (Wildman–Crippen MR) is 106 cm³/mol. The van der Waals surface area contributed by atoms with Crippen molar-refractivity contribution in [2.24, 2.45) is 11.3 Å². The Labute approximate surface area is 179 Å². The number of urea groups is 1. The number of amides is 3. The maximum absolute atomic E-state index is 13.3. The lowest BCUT2D eigenvalue weighted by atomic mass is 9.79. The summed E-state index contributed by atoms with van der Waals surface area (Å²) in [6.45, 7) is 4.10. The number of hydrogen-bond acceptors (Lipinski definition) is 4. The second-order valence-corrected chi connectivity index (χ2v) is 8.78. The largest absolute Gasteiger partial charge is 0.573 e. The van der Waals surface area contributed by atoms with E-state index in [1.807, 2.05) is 11.9 Å². The molecule has 0 unspecified atom stereocenters. The van der Waals surface area contributed by atoms with Crippen molar-refractivity contribution in [1.29, 1.82) is 0 Å². The Morgan fingerprint density at radius 1 is 1.10 bits per heavy atom. The minimum Gasteiger partial charge on any atom is -0.406 e. The molecule has 3 aliphatic heterocycles. The van der Waals surface area contributed by atoms with Crippen molar-refractivity contribution in [3.63, 3.8) is 0 Å². The van der Waals surface area contributed by atoms with Gasteiger partial charge < -0.3 is 24.8 Å². The first-order valence-corrected chi connectivity index (χ1v) is 10.5. The molecule has 3 amide bonds. The highest BCUT2D eigenvalue weighted by molar-refractivity contribution is 5.86. The third kappa shape index (κ3) is 4.58. The minimum absolute atomic E-state index is 0.107. The predicted octanol–water partition coefficient (Wildman–Crippen LogP) is 2.28. The Bertz CT molecular complexity index is 826. The Kier molecular flexibility index (Phi) is 5.76. The molecular weight excluding hydrogens is 413 g/mol. The van der Waals surface area contributed by atoms with Crippen LogP contribution in [0.1, 0.15) is 18.4 Å². The van der Waals surface area contributed by atoms with Crippen LogP contribution >= 0.6 is 0 Å². The molecule has 3 fully saturated rings. The molecule has 0 radical (unpaired) electrons. The van der Waals surface area contributed by atoms with Gasteiger partial charge in [0.2, 0.25) is 5.91 Å². The number of rotatable bonds is 4. The molecule has 0 spiro atoms. The molecule has 0 aliphatic carbocycles. The van der Waals surface area contributed by atoms with Crippen molar-refractivity contribution in [1.82, 2.24) is 20.0 Å². The van der Waals surface area contributed by atoms with Gasteiger partial charge in [-0.25, -0.2) is 4.79 Å². The summed E-state index contributed by atoms with van der Waals surface area (Å²) in [5.41, 5.74) is 0.109. The maximum atomic E-state index is 13.3. The summed E-state index contributed by atoms with van der Waals surface area (Å²) in [4.78, 5) is 31.9. The fourth-order valence-electron chi connectivity index (χ4n) is 5.11. The first kappa shape index (κ1) is 21.7. The zero-order valence-corrected chi connectivity index (χ0v) is 17.5. The van der Waals surface area contributed by atoms with E-state index in [1.165, 1.54) is 24.3 Å². The number of benzene rings is 1. The van der Waals surface area contributed by atoms with E-state index in [4.69, 9.17) is 0 Å². The van der Waals surface area contributed by atoms with Crippen molar-refractivity contribution in [3.8, 4) is 5.75 Å². The van der Waals surface area contributed by atoms with Gasteiger partial charge in [-0.15, -0.1) is 13.2 Å². The molecule has 10 heteroatoms. The second-order valence-electron chi connectivity index (χ2n) is 8.78. The number of likely N-dealkylation sites (tertiary alicyclic amines) is 3. The van der Waals surface area contributed by atoms with Crippen molar-refractivity contribution < 1.29 is 27.5 Å². The fraction of sp³-hybridized carbons (Fsp3) is 0.619. The van der Waals surface area contributed by atoms with Gasteiger partial charge in [0, 0.05) is 51.7 Å². The van der Waals surface area contributed by atoms with Gasteiger partial charge in [-0.05, 0) is 37.6 Å². The molecule has 3 saturated heterocycles. The normalized spacial score (nSPS) is 26.3. The van der Waals surface area contributed by atoms with Crippen LogP contribution < -0.4 is 10.1 Å². The number of hydrogen-bond donors (Lipinski definition) is 1. The van der Waals surface area contributed by atoms with Crippen LogP contribution in [0.5, 0.6) is 5.75 Å². The zero-order chi connectivity index (χ0) is 22.2. The molecule has 1 aromatic rings. The molecule has 0 bridgehead atoms. The number of fused-ring (bicyclic) bond motifs is 1. The number of carbonyl (C=O) groups excluding carboxylic acids is 2. The molecular formula is C21H27F3N4O3. The zero-order valence-electron chi connectivity index (χ0n) is 17.5. The van der Waals surface area contributed by atoms with Crippen molar-refractivity contribution in [2.45, 2.75) is 25.7 Å². The van der Waals surface area contributed by atoms with Gasteiger partial charge in [-0.2, -0.15) is 0 Å². The summed E-state index contributed by atoms with van der Waals surface area (Å²) in [7, 11) is 2.01. The van der Waals surface area contributed by atoms with Crippen LogP contribution in [-0.2, 0) is 11.3 Å². The first-order valence-electron chi connectivity index (χ1n) is 10.5. The quantitative estimate of drug-likeness (QED) is 0.780. The van der Waals surface area contributed by atoms with E-state index >= 15 is 0 Å². The summed E-state index contributed by atoms with van der Waals surface area (Å²) in [5, 5.41) is 2.82. The first-order chi connectivity index (χ1) is 14.7. The number of nitrogens with one attached hydrogen (secondary N) is 1. The number of halogens is 3. The standard InChI is InChI=1S/C21H27F3N4O3/c1-26-11-16-12-28(14-20(16,13-26)18(29)27-8-2-3-9-27)19(30)25-10-15-4-6-17(7-5-15)31-21(22,23)24/h4-7,16H,2-3,8-14H2,1H3,(H,25,30)/t16-,20-/m0/s1. The minimum atomic E-state index is -4.74. The topological polar surface area (TPSA) is 65.1 Å². The average molecular weight is 440 g/mol. The van der Waals surface area contributed by atoms with Gasteiger partial charge in [0.15, 0.2) is 0 Å². The van der Waals surface area contributed by atoms with Crippen LogP contribution in [-0.4, -0.2) is 79.3 Å². The van der Waals surface area contributed by atoms with E-state index < -0.39 is 11.8 Å². The van der Waals surface area contributed by atoms with Crippen molar-refractivity contribution >= 4 is 11.9 Å². The van der Waals surface area contributed by atoms with Crippen LogP contribution in [0.25, 0.3) is 0 Å². The van der Waals surface area contributed by atoms with E-state index in [9.17, 15) is 22.8 Å². The summed E-state index contributed by atoms with van der Waals surface area (Å²) < 4.78 is 40.6. The lowest BCUT2D eigenvalue weighted by molar-refractivity contribution is -0.274. The molecule has 1 N–H and O–H groups in total. The molecule has 170 valence electrons. The molecule has 3 heterocycles. The van der Waals surface area contributed by atoms with Gasteiger partial charge in [-0.1, -0.05) is 12.1 Å². The third-order valence-electron chi connectivity index (χ3n) is 6.49. The van der Waals surface area contributed by atoms with E-state index in [-0.39, 0.29) is 30.2 Å². The monoisotopic (exact) mass is 440 g/mol. The number of alkyl halides is 3. The van der Waals surface area contributed by atoms with Crippen LogP contribution in [0.15, 0.2) is 24.3 Å². The molecule has 0 saturated carbocycles. The van der Waals surface area contributed by atoms with E-state index in [2.05, 4.69) is 15.0 Å². The molecule has 2 atom stereocenters. The summed E-state index contributed by atoms with van der Waals surface area (Å²) >= 11 is 0. The molecule has 4 rings (SSSR count). The van der Waals surface area contributed by atoms with Crippen LogP contribution in [0.4, 0.5) is 18.0 Å². The Morgan fingerprint density at radius 2 is 1.77 bits per heavy atom. The molecule has 7 nitrogen and oxygen atoms in total. The third-order valence-corrected chi connectivity index (χ3v) is 6.49. The van der Waals surface area contributed by atoms with Crippen LogP contribution in [0, 0.1) is 11.3 Å². The van der Waals surface area contributed by atoms with Gasteiger partial charge in [-0.3, -0.25) is 4.79 Å². The molecule has 31 heavy (non-hydrogen) atoms. The highest BCUT2D eigenvalue weighted by atomic mass is 19.4. The van der Waals surface area contributed by atoms with E-state index in [1.54, 1.807) is 4.90 Å². The van der Waals surface area contributed by atoms with Gasteiger partial charge in [0.25, 0.3) is 0 Å². The average Bonchev–Trinajstić information content (AvgIpc) is 3.40. The van der Waals surface area contributed by atoms with Gasteiger partial charge in [0.05, 0.1) is 5.41 Å². The van der Waals surface area contributed by atoms with Crippen LogP contribution in [0.2, 0.25) is 0 Å². The lowest BCUT2D eigenvalue weighted by Gasteiger charge is -2.32. The Balaban J connectivity index is 1.36. The SMILES string of the molecule is CN1C[C@H]2CN(C(=O)NCc3ccc(OC(F)(F)F)cc3)C[C@@]2(C(=O)N2CCCC2)C1. The second kappa shape index (κ2) is 8.22. The van der Waals surface area contributed by atoms with Crippen molar-refractivity contribution in [3.05, 3.63) is 29.8 Å². The number of ether oxygens (including phenoxy) is 1. The summed E-state index contributed by atoms with van der Waals surface area (Å²) in [5.74, 6) is -0.0357. The molecule has 3 aliphatic rings. The van der Waals surface area contributed by atoms with Gasteiger partial charge in [0.1, 0.15) is 5.75 Å². The van der Waals surface area contributed by atoms with Gasteiger partial charge >= 0.3 is 12.4 Å². The van der Waals surface area contributed by atoms with E-state index in [0.29, 0.717) is 25.2 Å². The number of carbonyl (C=O) groups is 2. The maximum Gasteiger partial charge on any atom is 0.573 e. The summed E-state index contributed by atoms with van der Waals surface area (Å²) in [6.07, 6.45) is -2.68. The molecule has 1 aromatic carbocycles. The number of nitrogens with zero attached hydrogens (tertiary/aromatic N) is 3. The van der Waals surface area contributed by atoms with E-state index in [0.717, 1.165) is 32.5 Å². The van der Waals surface area contributed by atoms with Crippen molar-refractivity contribution in [2.75, 3.05) is 46.3 Å². The lowest BCUT2D eigenvalue weighted by Crippen LogP contribution is -2.49. The summed E-state index contributed by atoms with van der Waals surface area (Å²) in [6, 6.07) is 5.13.